The predicted molar refractivity (Wildman–Crippen MR) is 70.0 cm³/mol. The van der Waals surface area contributed by atoms with Crippen LogP contribution in [0.3, 0.4) is 0 Å². The highest BCUT2D eigenvalue weighted by molar-refractivity contribution is 5.67. The van der Waals surface area contributed by atoms with Crippen molar-refractivity contribution in [1.82, 2.24) is 0 Å². The van der Waals surface area contributed by atoms with E-state index in [9.17, 15) is 9.90 Å². The third kappa shape index (κ3) is 13.1. The summed E-state index contributed by atoms with van der Waals surface area (Å²) in [5, 5.41) is 17.8. The van der Waals surface area contributed by atoms with Gasteiger partial charge in [-0.25, -0.2) is 0 Å². The Balaban J connectivity index is 3.23. The van der Waals surface area contributed by atoms with E-state index in [0.717, 1.165) is 25.7 Å². The monoisotopic (exact) mass is 242 g/mol. The van der Waals surface area contributed by atoms with Crippen LogP contribution in [-0.2, 0) is 4.79 Å². The van der Waals surface area contributed by atoms with Gasteiger partial charge >= 0.3 is 5.97 Å². The zero-order valence-electron chi connectivity index (χ0n) is 10.9. The van der Waals surface area contributed by atoms with Gasteiger partial charge in [-0.3, -0.25) is 4.79 Å². The summed E-state index contributed by atoms with van der Waals surface area (Å²) >= 11 is 0. The van der Waals surface area contributed by atoms with Gasteiger partial charge in [-0.15, -0.1) is 0 Å². The Morgan fingerprint density at radius 2 is 1.76 bits per heavy atom. The Morgan fingerprint density at radius 1 is 1.12 bits per heavy atom. The molecule has 0 amide bonds. The predicted octanol–water partition coefficient (Wildman–Crippen LogP) is 3.52. The van der Waals surface area contributed by atoms with E-state index in [1.807, 2.05) is 0 Å². The van der Waals surface area contributed by atoms with E-state index in [4.69, 9.17) is 5.11 Å². The van der Waals surface area contributed by atoms with Crippen LogP contribution in [0.2, 0.25) is 0 Å². The largest absolute Gasteiger partial charge is 0.481 e. The first-order valence-corrected chi connectivity index (χ1v) is 6.71. The average molecular weight is 242 g/mol. The molecule has 3 heteroatoms. The van der Waals surface area contributed by atoms with Gasteiger partial charge in [0.25, 0.3) is 0 Å². The molecule has 0 fully saturated rings. The smallest absolute Gasteiger partial charge is 0.305 e. The molecule has 0 aliphatic carbocycles. The Kier molecular flexibility index (Phi) is 11.1. The lowest BCUT2D eigenvalue weighted by molar-refractivity contribution is -0.139. The molecule has 0 saturated heterocycles. The molecule has 0 aliphatic heterocycles. The fourth-order valence-electron chi connectivity index (χ4n) is 1.68. The molecular weight excluding hydrogens is 216 g/mol. The van der Waals surface area contributed by atoms with E-state index >= 15 is 0 Å². The van der Waals surface area contributed by atoms with E-state index in [0.29, 0.717) is 6.42 Å². The number of carboxylic acid groups (broad SMARTS) is 1. The topological polar surface area (TPSA) is 57.5 Å². The van der Waals surface area contributed by atoms with Gasteiger partial charge in [-0.1, -0.05) is 44.8 Å². The minimum atomic E-state index is -0.920. The van der Waals surface area contributed by atoms with Crippen molar-refractivity contribution in [2.45, 2.75) is 70.8 Å². The molecule has 0 bridgehead atoms. The molecule has 3 nitrogen and oxygen atoms in total. The number of hydrogen-bond donors (Lipinski definition) is 2. The number of aliphatic hydroxyl groups excluding tert-OH is 1. The fraction of sp³-hybridized carbons (Fsp3) is 0.786. The van der Waals surface area contributed by atoms with Crippen molar-refractivity contribution in [2.24, 2.45) is 0 Å². The van der Waals surface area contributed by atoms with Crippen molar-refractivity contribution in [3.8, 4) is 0 Å². The van der Waals surface area contributed by atoms with Crippen LogP contribution in [0.15, 0.2) is 12.2 Å². The SMILES string of the molecule is CCCC/C=C\CCCCCC(O)CC(=O)O. The number of aliphatic carboxylic acids is 1. The van der Waals surface area contributed by atoms with Crippen LogP contribution in [0.25, 0.3) is 0 Å². The molecule has 2 N–H and O–H groups in total. The van der Waals surface area contributed by atoms with Gasteiger partial charge in [0.05, 0.1) is 12.5 Å². The molecule has 1 unspecified atom stereocenters. The second kappa shape index (κ2) is 11.6. The molecule has 0 saturated carbocycles. The van der Waals surface area contributed by atoms with Gasteiger partial charge in [-0.05, 0) is 25.7 Å². The van der Waals surface area contributed by atoms with Crippen molar-refractivity contribution >= 4 is 5.97 Å². The number of aliphatic hydroxyl groups is 1. The van der Waals surface area contributed by atoms with Crippen molar-refractivity contribution in [2.75, 3.05) is 0 Å². The van der Waals surface area contributed by atoms with E-state index in [1.165, 1.54) is 19.3 Å². The average Bonchev–Trinajstić information content (AvgIpc) is 2.26. The molecule has 0 aromatic heterocycles. The van der Waals surface area contributed by atoms with Crippen LogP contribution in [0.4, 0.5) is 0 Å². The summed E-state index contributed by atoms with van der Waals surface area (Å²) in [6.45, 7) is 2.19. The first-order valence-electron chi connectivity index (χ1n) is 6.71. The van der Waals surface area contributed by atoms with Crippen molar-refractivity contribution in [1.29, 1.82) is 0 Å². The zero-order valence-corrected chi connectivity index (χ0v) is 10.9. The van der Waals surface area contributed by atoms with E-state index in [2.05, 4.69) is 19.1 Å². The fourth-order valence-corrected chi connectivity index (χ4v) is 1.68. The van der Waals surface area contributed by atoms with Crippen LogP contribution < -0.4 is 0 Å². The number of unbranched alkanes of at least 4 members (excludes halogenated alkanes) is 5. The molecule has 17 heavy (non-hydrogen) atoms. The number of carbonyl (C=O) groups is 1. The normalized spacial score (nSPS) is 13.1. The first-order chi connectivity index (χ1) is 8.16. The van der Waals surface area contributed by atoms with E-state index < -0.39 is 12.1 Å². The van der Waals surface area contributed by atoms with E-state index in [1.54, 1.807) is 0 Å². The van der Waals surface area contributed by atoms with Crippen LogP contribution in [0, 0.1) is 0 Å². The number of carboxylic acids is 1. The standard InChI is InChI=1S/C14H26O3/c1-2-3-4-5-6-7-8-9-10-11-13(15)12-14(16)17/h5-6,13,15H,2-4,7-12H2,1H3,(H,16,17)/b6-5-. The summed E-state index contributed by atoms with van der Waals surface area (Å²) in [5.74, 6) is -0.920. The van der Waals surface area contributed by atoms with Crippen LogP contribution >= 0.6 is 0 Å². The third-order valence-corrected chi connectivity index (χ3v) is 2.71. The molecule has 0 aromatic carbocycles. The summed E-state index contributed by atoms with van der Waals surface area (Å²) in [7, 11) is 0. The van der Waals surface area contributed by atoms with E-state index in [-0.39, 0.29) is 6.42 Å². The van der Waals surface area contributed by atoms with Crippen LogP contribution in [0.1, 0.15) is 64.7 Å². The van der Waals surface area contributed by atoms with Gasteiger partial charge in [0.1, 0.15) is 0 Å². The highest BCUT2D eigenvalue weighted by atomic mass is 16.4. The summed E-state index contributed by atoms with van der Waals surface area (Å²) in [5.41, 5.74) is 0. The molecular formula is C14H26O3. The molecule has 0 aliphatic rings. The summed E-state index contributed by atoms with van der Waals surface area (Å²) in [6.07, 6.45) is 12.1. The van der Waals surface area contributed by atoms with Gasteiger partial charge in [0.2, 0.25) is 0 Å². The highest BCUT2D eigenvalue weighted by Crippen LogP contribution is 2.08. The van der Waals surface area contributed by atoms with Gasteiger partial charge in [0, 0.05) is 0 Å². The Hall–Kier alpha value is -0.830. The second-order valence-corrected chi connectivity index (χ2v) is 4.50. The lowest BCUT2D eigenvalue weighted by Gasteiger charge is -2.06. The van der Waals surface area contributed by atoms with Crippen LogP contribution in [0.5, 0.6) is 0 Å². The summed E-state index contributed by atoms with van der Waals surface area (Å²) < 4.78 is 0. The maximum absolute atomic E-state index is 10.3. The molecule has 100 valence electrons. The zero-order chi connectivity index (χ0) is 12.9. The lowest BCUT2D eigenvalue weighted by atomic mass is 10.1. The van der Waals surface area contributed by atoms with Gasteiger partial charge < -0.3 is 10.2 Å². The quantitative estimate of drug-likeness (QED) is 0.430. The molecule has 0 heterocycles. The molecule has 1 atom stereocenters. The third-order valence-electron chi connectivity index (χ3n) is 2.71. The highest BCUT2D eigenvalue weighted by Gasteiger charge is 2.08. The molecule has 0 rings (SSSR count). The van der Waals surface area contributed by atoms with Gasteiger partial charge in [0.15, 0.2) is 0 Å². The Morgan fingerprint density at radius 3 is 2.35 bits per heavy atom. The molecule has 0 aromatic rings. The maximum Gasteiger partial charge on any atom is 0.305 e. The number of allylic oxidation sites excluding steroid dienone is 2. The first kappa shape index (κ1) is 16.2. The van der Waals surface area contributed by atoms with Crippen molar-refractivity contribution < 1.29 is 15.0 Å². The van der Waals surface area contributed by atoms with Gasteiger partial charge in [-0.2, -0.15) is 0 Å². The number of hydrogen-bond acceptors (Lipinski definition) is 2. The minimum absolute atomic E-state index is 0.128. The van der Waals surface area contributed by atoms with Crippen molar-refractivity contribution in [3.63, 3.8) is 0 Å². The molecule has 0 radical (unpaired) electrons. The Bertz CT molecular complexity index is 212. The number of rotatable bonds is 11. The van der Waals surface area contributed by atoms with Crippen LogP contribution in [-0.4, -0.2) is 22.3 Å². The minimum Gasteiger partial charge on any atom is -0.481 e. The second-order valence-electron chi connectivity index (χ2n) is 4.50. The molecule has 0 spiro atoms. The maximum atomic E-state index is 10.3. The summed E-state index contributed by atoms with van der Waals surface area (Å²) in [6, 6.07) is 0. The Labute approximate surface area is 105 Å². The lowest BCUT2D eigenvalue weighted by Crippen LogP contribution is -2.12. The summed E-state index contributed by atoms with van der Waals surface area (Å²) in [4.78, 5) is 10.3. The van der Waals surface area contributed by atoms with Crippen molar-refractivity contribution in [3.05, 3.63) is 12.2 Å².